The van der Waals surface area contributed by atoms with E-state index in [0.29, 0.717) is 12.1 Å². The molecule has 29 heavy (non-hydrogen) atoms. The second-order valence-corrected chi connectivity index (χ2v) is 9.69. The summed E-state index contributed by atoms with van der Waals surface area (Å²) in [6.07, 6.45) is 1.58. The predicted octanol–water partition coefficient (Wildman–Crippen LogP) is 1.89. The van der Waals surface area contributed by atoms with Gasteiger partial charge in [-0.2, -0.15) is 0 Å². The van der Waals surface area contributed by atoms with Gasteiger partial charge in [0.05, 0.1) is 22.3 Å². The van der Waals surface area contributed by atoms with Crippen LogP contribution in [0.3, 0.4) is 0 Å². The van der Waals surface area contributed by atoms with Gasteiger partial charge in [-0.1, -0.05) is 24.3 Å². The summed E-state index contributed by atoms with van der Waals surface area (Å²) >= 11 is 0. The van der Waals surface area contributed by atoms with E-state index in [1.54, 1.807) is 6.07 Å². The van der Waals surface area contributed by atoms with Gasteiger partial charge in [-0.3, -0.25) is 13.9 Å². The SMILES string of the molecule is Cc1ccccc1Cn1c(=O)n(C)c(=O)c2cc(S(=O)(=O)NC3(C)CC3)ccc21. The van der Waals surface area contributed by atoms with Crippen molar-refractivity contribution >= 4 is 20.9 Å². The Bertz CT molecular complexity index is 1350. The highest BCUT2D eigenvalue weighted by molar-refractivity contribution is 7.89. The lowest BCUT2D eigenvalue weighted by atomic mass is 10.1. The fraction of sp³-hybridized carbons (Fsp3) is 0.333. The standard InChI is InChI=1S/C21H23N3O4S/c1-14-6-4-5-7-15(14)13-24-18-9-8-16(29(27,28)22-21(2)10-11-21)12-17(18)19(25)23(3)20(24)26/h4-9,12,22H,10-11,13H2,1-3H3. The molecular weight excluding hydrogens is 390 g/mol. The van der Waals surface area contributed by atoms with E-state index in [1.807, 2.05) is 38.1 Å². The molecule has 7 nitrogen and oxygen atoms in total. The summed E-state index contributed by atoms with van der Waals surface area (Å²) in [6, 6.07) is 12.1. The van der Waals surface area contributed by atoms with Crippen LogP contribution in [-0.4, -0.2) is 23.1 Å². The first-order valence-electron chi connectivity index (χ1n) is 9.43. The third-order valence-electron chi connectivity index (χ3n) is 5.59. The average molecular weight is 413 g/mol. The maximum Gasteiger partial charge on any atom is 0.331 e. The quantitative estimate of drug-likeness (QED) is 0.692. The number of aryl methyl sites for hydroxylation is 1. The van der Waals surface area contributed by atoms with Crippen LogP contribution in [0, 0.1) is 6.92 Å². The highest BCUT2D eigenvalue weighted by Gasteiger charge is 2.41. The zero-order valence-corrected chi connectivity index (χ0v) is 17.4. The first-order chi connectivity index (χ1) is 13.6. The van der Waals surface area contributed by atoms with E-state index < -0.39 is 26.8 Å². The van der Waals surface area contributed by atoms with Crippen LogP contribution in [-0.2, 0) is 23.6 Å². The van der Waals surface area contributed by atoms with Gasteiger partial charge < -0.3 is 0 Å². The second kappa shape index (κ2) is 6.67. The Morgan fingerprint density at radius 1 is 1.10 bits per heavy atom. The predicted molar refractivity (Wildman–Crippen MR) is 112 cm³/mol. The second-order valence-electron chi connectivity index (χ2n) is 8.00. The molecule has 1 N–H and O–H groups in total. The van der Waals surface area contributed by atoms with E-state index in [1.165, 1.54) is 23.7 Å². The van der Waals surface area contributed by atoms with Gasteiger partial charge in [-0.15, -0.1) is 0 Å². The minimum Gasteiger partial charge on any atom is -0.289 e. The summed E-state index contributed by atoms with van der Waals surface area (Å²) in [5, 5.41) is 0.199. The van der Waals surface area contributed by atoms with Gasteiger partial charge in [0.25, 0.3) is 5.56 Å². The average Bonchev–Trinajstić information content (AvgIpc) is 3.40. The molecule has 0 atom stereocenters. The van der Waals surface area contributed by atoms with Crippen LogP contribution in [0.4, 0.5) is 0 Å². The summed E-state index contributed by atoms with van der Waals surface area (Å²) in [4.78, 5) is 25.5. The molecule has 0 saturated heterocycles. The number of nitrogens with one attached hydrogen (secondary N) is 1. The number of hydrogen-bond acceptors (Lipinski definition) is 4. The highest BCUT2D eigenvalue weighted by atomic mass is 32.2. The summed E-state index contributed by atoms with van der Waals surface area (Å²) < 4.78 is 30.7. The monoisotopic (exact) mass is 413 g/mol. The lowest BCUT2D eigenvalue weighted by molar-refractivity contribution is 0.558. The molecule has 0 amide bonds. The van der Waals surface area contributed by atoms with Gasteiger partial charge in [0.15, 0.2) is 0 Å². The van der Waals surface area contributed by atoms with E-state index in [0.717, 1.165) is 28.5 Å². The van der Waals surface area contributed by atoms with Crippen LogP contribution in [0.15, 0.2) is 56.9 Å². The maximum absolute atomic E-state index is 12.8. The Hall–Kier alpha value is -2.71. The molecule has 0 spiro atoms. The van der Waals surface area contributed by atoms with E-state index in [4.69, 9.17) is 0 Å². The molecule has 1 aliphatic carbocycles. The minimum absolute atomic E-state index is 0.0244. The Labute approximate surface area is 168 Å². The van der Waals surface area contributed by atoms with Crippen molar-refractivity contribution in [1.82, 2.24) is 13.9 Å². The van der Waals surface area contributed by atoms with Crippen LogP contribution in [0.5, 0.6) is 0 Å². The smallest absolute Gasteiger partial charge is 0.289 e. The lowest BCUT2D eigenvalue weighted by Gasteiger charge is -2.15. The van der Waals surface area contributed by atoms with Crippen LogP contribution in [0.25, 0.3) is 10.9 Å². The normalized spacial score (nSPS) is 15.6. The van der Waals surface area contributed by atoms with Crippen molar-refractivity contribution in [1.29, 1.82) is 0 Å². The molecule has 4 rings (SSSR count). The molecule has 1 saturated carbocycles. The van der Waals surface area contributed by atoms with Crippen molar-refractivity contribution < 1.29 is 8.42 Å². The molecule has 1 fully saturated rings. The van der Waals surface area contributed by atoms with Crippen LogP contribution < -0.4 is 16.0 Å². The van der Waals surface area contributed by atoms with Crippen molar-refractivity contribution in [2.45, 2.75) is 43.7 Å². The molecular formula is C21H23N3O4S. The summed E-state index contributed by atoms with van der Waals surface area (Å²) in [6.45, 7) is 4.10. The summed E-state index contributed by atoms with van der Waals surface area (Å²) in [5.74, 6) is 0. The van der Waals surface area contributed by atoms with Gasteiger partial charge in [0.2, 0.25) is 10.0 Å². The summed E-state index contributed by atoms with van der Waals surface area (Å²) in [7, 11) is -2.34. The van der Waals surface area contributed by atoms with E-state index in [2.05, 4.69) is 4.72 Å². The van der Waals surface area contributed by atoms with Crippen molar-refractivity contribution in [3.05, 3.63) is 74.4 Å². The lowest BCUT2D eigenvalue weighted by Crippen LogP contribution is -2.39. The minimum atomic E-state index is -3.75. The van der Waals surface area contributed by atoms with Crippen LogP contribution in [0.2, 0.25) is 0 Å². The molecule has 1 aromatic heterocycles. The van der Waals surface area contributed by atoms with Gasteiger partial charge in [0, 0.05) is 12.6 Å². The maximum atomic E-state index is 12.8. The zero-order valence-electron chi connectivity index (χ0n) is 16.6. The molecule has 0 radical (unpaired) electrons. The molecule has 8 heteroatoms. The van der Waals surface area contributed by atoms with Crippen LogP contribution in [0.1, 0.15) is 30.9 Å². The Balaban J connectivity index is 1.89. The van der Waals surface area contributed by atoms with Crippen molar-refractivity contribution in [2.24, 2.45) is 7.05 Å². The highest BCUT2D eigenvalue weighted by Crippen LogP contribution is 2.36. The molecule has 152 valence electrons. The number of sulfonamides is 1. The molecule has 0 unspecified atom stereocenters. The number of nitrogens with zero attached hydrogens (tertiary/aromatic N) is 2. The third-order valence-corrected chi connectivity index (χ3v) is 7.23. The molecule has 0 aliphatic heterocycles. The third kappa shape index (κ3) is 3.54. The molecule has 0 bridgehead atoms. The number of benzene rings is 2. The van der Waals surface area contributed by atoms with Gasteiger partial charge in [-0.05, 0) is 56.0 Å². The molecule has 1 aliphatic rings. The first kappa shape index (κ1) is 19.6. The summed E-state index contributed by atoms with van der Waals surface area (Å²) in [5.41, 5.74) is 1.03. The van der Waals surface area contributed by atoms with Crippen molar-refractivity contribution in [2.75, 3.05) is 0 Å². The fourth-order valence-electron chi connectivity index (χ4n) is 3.42. The van der Waals surface area contributed by atoms with E-state index in [-0.39, 0.29) is 10.3 Å². The Morgan fingerprint density at radius 2 is 1.79 bits per heavy atom. The van der Waals surface area contributed by atoms with Gasteiger partial charge in [-0.25, -0.2) is 17.9 Å². The van der Waals surface area contributed by atoms with Gasteiger partial charge in [0.1, 0.15) is 0 Å². The van der Waals surface area contributed by atoms with E-state index in [9.17, 15) is 18.0 Å². The fourth-order valence-corrected chi connectivity index (χ4v) is 4.92. The van der Waals surface area contributed by atoms with Crippen LogP contribution >= 0.6 is 0 Å². The van der Waals surface area contributed by atoms with Crippen molar-refractivity contribution in [3.63, 3.8) is 0 Å². The molecule has 3 aromatic rings. The topological polar surface area (TPSA) is 90.2 Å². The van der Waals surface area contributed by atoms with Gasteiger partial charge >= 0.3 is 5.69 Å². The number of fused-ring (bicyclic) bond motifs is 1. The zero-order chi connectivity index (χ0) is 21.0. The molecule has 2 aromatic carbocycles. The first-order valence-corrected chi connectivity index (χ1v) is 10.9. The van der Waals surface area contributed by atoms with E-state index >= 15 is 0 Å². The Morgan fingerprint density at radius 3 is 2.45 bits per heavy atom. The number of aromatic nitrogens is 2. The number of hydrogen-bond donors (Lipinski definition) is 1. The largest absolute Gasteiger partial charge is 0.331 e. The number of rotatable bonds is 5. The van der Waals surface area contributed by atoms with Crippen molar-refractivity contribution in [3.8, 4) is 0 Å². The molecule has 1 heterocycles. The Kier molecular flexibility index (Phi) is 4.51.